The summed E-state index contributed by atoms with van der Waals surface area (Å²) in [5.41, 5.74) is 3.55. The first-order chi connectivity index (χ1) is 14.1. The molecule has 5 nitrogen and oxygen atoms in total. The molecule has 0 N–H and O–H groups in total. The van der Waals surface area contributed by atoms with Crippen LogP contribution in [-0.2, 0) is 16.0 Å². The molecular weight excluding hydrogens is 364 g/mol. The van der Waals surface area contributed by atoms with Gasteiger partial charge in [-0.15, -0.1) is 0 Å². The Balaban J connectivity index is 1.78. The first-order valence-electron chi connectivity index (χ1n) is 10.3. The number of hydrogen-bond acceptors (Lipinski definition) is 4. The van der Waals surface area contributed by atoms with E-state index < -0.39 is 0 Å². The van der Waals surface area contributed by atoms with Crippen LogP contribution in [0.15, 0.2) is 54.2 Å². The van der Waals surface area contributed by atoms with Crippen LogP contribution in [0.2, 0.25) is 0 Å². The maximum atomic E-state index is 13.5. The molecule has 0 unspecified atom stereocenters. The van der Waals surface area contributed by atoms with E-state index in [0.29, 0.717) is 17.0 Å². The van der Waals surface area contributed by atoms with Crippen LogP contribution in [0.5, 0.6) is 5.75 Å². The lowest BCUT2D eigenvalue weighted by Crippen LogP contribution is -2.37. The predicted octanol–water partition coefficient (Wildman–Crippen LogP) is 4.03. The molecule has 2 aromatic carbocycles. The van der Waals surface area contributed by atoms with Crippen LogP contribution in [0.4, 0.5) is 5.69 Å². The van der Waals surface area contributed by atoms with E-state index in [0.717, 1.165) is 50.1 Å². The quantitative estimate of drug-likeness (QED) is 0.724. The fraction of sp³-hybridized carbons (Fsp3) is 0.333. The van der Waals surface area contributed by atoms with Crippen LogP contribution >= 0.6 is 0 Å². The molecule has 1 saturated heterocycles. The lowest BCUT2D eigenvalue weighted by molar-refractivity contribution is -0.120. The van der Waals surface area contributed by atoms with E-state index in [2.05, 4.69) is 11.8 Å². The minimum absolute atomic E-state index is 0.230. The number of aryl methyl sites for hydroxylation is 1. The zero-order chi connectivity index (χ0) is 20.4. The summed E-state index contributed by atoms with van der Waals surface area (Å²) >= 11 is 0. The Hall–Kier alpha value is -3.08. The Labute approximate surface area is 171 Å². The van der Waals surface area contributed by atoms with Crippen molar-refractivity contribution in [1.82, 2.24) is 4.90 Å². The lowest BCUT2D eigenvalue weighted by Gasteiger charge is -2.29. The Kier molecular flexibility index (Phi) is 5.38. The third kappa shape index (κ3) is 3.53. The van der Waals surface area contributed by atoms with Crippen molar-refractivity contribution >= 4 is 23.1 Å². The summed E-state index contributed by atoms with van der Waals surface area (Å²) in [5, 5.41) is 0. The van der Waals surface area contributed by atoms with Crippen molar-refractivity contribution in [2.75, 3.05) is 25.1 Å². The number of rotatable bonds is 5. The van der Waals surface area contributed by atoms with E-state index in [1.807, 2.05) is 48.5 Å². The molecule has 0 bridgehead atoms. The van der Waals surface area contributed by atoms with Crippen molar-refractivity contribution < 1.29 is 14.3 Å². The second kappa shape index (κ2) is 8.11. The van der Waals surface area contributed by atoms with Gasteiger partial charge in [-0.2, -0.15) is 0 Å². The van der Waals surface area contributed by atoms with Crippen molar-refractivity contribution in [2.24, 2.45) is 0 Å². The topological polar surface area (TPSA) is 49.9 Å². The van der Waals surface area contributed by atoms with Gasteiger partial charge in [0.05, 0.1) is 18.4 Å². The highest BCUT2D eigenvalue weighted by Gasteiger charge is 2.42. The van der Waals surface area contributed by atoms with Crippen molar-refractivity contribution in [3.63, 3.8) is 0 Å². The Morgan fingerprint density at radius 3 is 2.10 bits per heavy atom. The van der Waals surface area contributed by atoms with Gasteiger partial charge < -0.3 is 9.64 Å². The predicted molar refractivity (Wildman–Crippen MR) is 114 cm³/mol. The molecule has 1 fully saturated rings. The van der Waals surface area contributed by atoms with Gasteiger partial charge in [-0.3, -0.25) is 9.59 Å². The standard InChI is InChI=1S/C24H26N2O3/c1-3-17-7-11-19(12-8-17)26-23(27)21(18-9-13-20(29-2)14-10-18)22(24(26)28)25-15-5-4-6-16-25/h7-14H,3-6,15-16H2,1-2H3. The van der Waals surface area contributed by atoms with E-state index in [1.54, 1.807) is 7.11 Å². The first kappa shape index (κ1) is 19.2. The zero-order valence-corrected chi connectivity index (χ0v) is 17.0. The lowest BCUT2D eigenvalue weighted by atomic mass is 10.0. The van der Waals surface area contributed by atoms with Gasteiger partial charge in [-0.1, -0.05) is 31.2 Å². The normalized spacial score (nSPS) is 17.3. The summed E-state index contributed by atoms with van der Waals surface area (Å²) < 4.78 is 5.25. The fourth-order valence-corrected chi connectivity index (χ4v) is 4.06. The average Bonchev–Trinajstić information content (AvgIpc) is 3.04. The molecular formula is C24H26N2O3. The number of piperidine rings is 1. The average molecular weight is 390 g/mol. The molecule has 2 aromatic rings. The molecule has 0 aliphatic carbocycles. The van der Waals surface area contributed by atoms with Crippen LogP contribution in [-0.4, -0.2) is 36.9 Å². The van der Waals surface area contributed by atoms with Gasteiger partial charge in [0, 0.05) is 13.1 Å². The molecule has 2 heterocycles. The Morgan fingerprint density at radius 2 is 1.52 bits per heavy atom. The molecule has 2 aliphatic heterocycles. The molecule has 0 atom stereocenters. The summed E-state index contributed by atoms with van der Waals surface area (Å²) in [6.45, 7) is 3.69. The number of benzene rings is 2. The third-order valence-corrected chi connectivity index (χ3v) is 5.71. The minimum Gasteiger partial charge on any atom is -0.497 e. The molecule has 2 amide bonds. The molecule has 29 heavy (non-hydrogen) atoms. The smallest absolute Gasteiger partial charge is 0.282 e. The van der Waals surface area contributed by atoms with Crippen molar-refractivity contribution in [3.05, 3.63) is 65.4 Å². The number of methoxy groups -OCH3 is 1. The monoisotopic (exact) mass is 390 g/mol. The Morgan fingerprint density at radius 1 is 0.862 bits per heavy atom. The molecule has 0 spiro atoms. The van der Waals surface area contributed by atoms with Crippen LogP contribution in [0.25, 0.3) is 5.57 Å². The van der Waals surface area contributed by atoms with Gasteiger partial charge >= 0.3 is 0 Å². The number of amides is 2. The maximum Gasteiger partial charge on any atom is 0.282 e. The summed E-state index contributed by atoms with van der Waals surface area (Å²) in [6, 6.07) is 15.0. The highest BCUT2D eigenvalue weighted by Crippen LogP contribution is 2.36. The maximum absolute atomic E-state index is 13.5. The van der Waals surface area contributed by atoms with E-state index >= 15 is 0 Å². The fourth-order valence-electron chi connectivity index (χ4n) is 4.06. The number of imide groups is 1. The number of ether oxygens (including phenoxy) is 1. The second-order valence-electron chi connectivity index (χ2n) is 7.47. The van der Waals surface area contributed by atoms with E-state index in [1.165, 1.54) is 10.5 Å². The molecule has 5 heteroatoms. The molecule has 2 aliphatic rings. The number of carbonyl (C=O) groups is 2. The number of nitrogens with zero attached hydrogens (tertiary/aromatic N) is 2. The van der Waals surface area contributed by atoms with Crippen LogP contribution in [0.1, 0.15) is 37.3 Å². The number of hydrogen-bond donors (Lipinski definition) is 0. The number of anilines is 1. The second-order valence-corrected chi connectivity index (χ2v) is 7.47. The minimum atomic E-state index is -0.259. The summed E-state index contributed by atoms with van der Waals surface area (Å²) in [7, 11) is 1.61. The highest BCUT2D eigenvalue weighted by atomic mass is 16.5. The molecule has 0 radical (unpaired) electrons. The van der Waals surface area contributed by atoms with Gasteiger partial charge in [-0.05, 0) is 61.1 Å². The van der Waals surface area contributed by atoms with E-state index in [4.69, 9.17) is 4.74 Å². The van der Waals surface area contributed by atoms with Crippen molar-refractivity contribution in [3.8, 4) is 5.75 Å². The van der Waals surface area contributed by atoms with E-state index in [9.17, 15) is 9.59 Å². The summed E-state index contributed by atoms with van der Waals surface area (Å²) in [5.74, 6) is 0.231. The SMILES string of the molecule is CCc1ccc(N2C(=O)C(c3ccc(OC)cc3)=C(N3CCCCC3)C2=O)cc1. The zero-order valence-electron chi connectivity index (χ0n) is 17.0. The van der Waals surface area contributed by atoms with Gasteiger partial charge in [0.1, 0.15) is 11.4 Å². The first-order valence-corrected chi connectivity index (χ1v) is 10.3. The molecule has 150 valence electrons. The van der Waals surface area contributed by atoms with Crippen molar-refractivity contribution in [1.29, 1.82) is 0 Å². The highest BCUT2D eigenvalue weighted by molar-refractivity contribution is 6.45. The van der Waals surface area contributed by atoms with Gasteiger partial charge in [0.25, 0.3) is 11.8 Å². The summed E-state index contributed by atoms with van der Waals surface area (Å²) in [4.78, 5) is 30.3. The summed E-state index contributed by atoms with van der Waals surface area (Å²) in [6.07, 6.45) is 4.14. The van der Waals surface area contributed by atoms with Gasteiger partial charge in [0.2, 0.25) is 0 Å². The molecule has 4 rings (SSSR count). The van der Waals surface area contributed by atoms with Gasteiger partial charge in [-0.25, -0.2) is 4.90 Å². The van der Waals surface area contributed by atoms with Crippen molar-refractivity contribution in [2.45, 2.75) is 32.6 Å². The molecule has 0 saturated carbocycles. The number of likely N-dealkylation sites (tertiary alicyclic amines) is 1. The van der Waals surface area contributed by atoms with E-state index in [-0.39, 0.29) is 11.8 Å². The third-order valence-electron chi connectivity index (χ3n) is 5.71. The number of carbonyl (C=O) groups excluding carboxylic acids is 2. The molecule has 0 aromatic heterocycles. The van der Waals surface area contributed by atoms with Crippen LogP contribution in [0.3, 0.4) is 0 Å². The van der Waals surface area contributed by atoms with Gasteiger partial charge in [0.15, 0.2) is 0 Å². The van der Waals surface area contributed by atoms with Crippen LogP contribution < -0.4 is 9.64 Å². The Bertz CT molecular complexity index is 939. The largest absolute Gasteiger partial charge is 0.497 e. The van der Waals surface area contributed by atoms with Crippen LogP contribution in [0, 0.1) is 0 Å².